The molecule has 0 heterocycles. The lowest BCUT2D eigenvalue weighted by Gasteiger charge is -2.10. The van der Waals surface area contributed by atoms with Crippen molar-refractivity contribution in [1.29, 1.82) is 0 Å². The summed E-state index contributed by atoms with van der Waals surface area (Å²) < 4.78 is 4.88. The topological polar surface area (TPSA) is 43.4 Å². The van der Waals surface area contributed by atoms with E-state index in [9.17, 15) is 9.59 Å². The van der Waals surface area contributed by atoms with Crippen LogP contribution in [0, 0.1) is 5.92 Å². The monoisotopic (exact) mass is 226 g/mol. The zero-order valence-electron chi connectivity index (χ0n) is 10.5. The fourth-order valence-electron chi connectivity index (χ4n) is 1.59. The Balaban J connectivity index is 4.16. The molecule has 0 aromatic rings. The maximum Gasteiger partial charge on any atom is 0.306 e. The molecule has 16 heavy (non-hydrogen) atoms. The lowest BCUT2D eigenvalue weighted by Crippen LogP contribution is -2.13. The molecule has 0 aliphatic rings. The van der Waals surface area contributed by atoms with Crippen molar-refractivity contribution in [3.05, 3.63) is 12.2 Å². The Morgan fingerprint density at radius 3 is 2.44 bits per heavy atom. The number of ketones is 1. The maximum atomic E-state index is 11.5. The standard InChI is InChI=1S/C13H22O3/c1-4-7-11(9-12(14)8-5-2)10-13(15)16-6-3/h4,7,11H,5-6,8-10H2,1-3H3/b7-4+. The summed E-state index contributed by atoms with van der Waals surface area (Å²) in [6.07, 6.45) is 5.98. The van der Waals surface area contributed by atoms with E-state index in [2.05, 4.69) is 0 Å². The van der Waals surface area contributed by atoms with Gasteiger partial charge in [0, 0.05) is 12.8 Å². The highest BCUT2D eigenvalue weighted by Crippen LogP contribution is 2.14. The second kappa shape index (κ2) is 9.13. The van der Waals surface area contributed by atoms with E-state index in [1.165, 1.54) is 0 Å². The highest BCUT2D eigenvalue weighted by atomic mass is 16.5. The minimum Gasteiger partial charge on any atom is -0.466 e. The number of ether oxygens (including phenoxy) is 1. The van der Waals surface area contributed by atoms with Crippen LogP contribution in [-0.2, 0) is 14.3 Å². The molecule has 0 saturated carbocycles. The lowest BCUT2D eigenvalue weighted by molar-refractivity contribution is -0.143. The number of carbonyl (C=O) groups is 2. The number of hydrogen-bond donors (Lipinski definition) is 0. The molecule has 0 aromatic carbocycles. The molecular weight excluding hydrogens is 204 g/mol. The van der Waals surface area contributed by atoms with Gasteiger partial charge >= 0.3 is 5.97 Å². The van der Waals surface area contributed by atoms with Crippen LogP contribution in [0.3, 0.4) is 0 Å². The average molecular weight is 226 g/mol. The van der Waals surface area contributed by atoms with Crippen molar-refractivity contribution < 1.29 is 14.3 Å². The van der Waals surface area contributed by atoms with Gasteiger partial charge in [-0.15, -0.1) is 0 Å². The van der Waals surface area contributed by atoms with Crippen LogP contribution in [0.5, 0.6) is 0 Å². The summed E-state index contributed by atoms with van der Waals surface area (Å²) in [5, 5.41) is 0. The van der Waals surface area contributed by atoms with E-state index in [4.69, 9.17) is 4.74 Å². The smallest absolute Gasteiger partial charge is 0.306 e. The molecule has 3 heteroatoms. The van der Waals surface area contributed by atoms with Crippen LogP contribution in [0.15, 0.2) is 12.2 Å². The van der Waals surface area contributed by atoms with E-state index < -0.39 is 0 Å². The molecule has 0 rings (SSSR count). The van der Waals surface area contributed by atoms with Gasteiger partial charge in [-0.1, -0.05) is 19.1 Å². The molecular formula is C13H22O3. The number of hydrogen-bond acceptors (Lipinski definition) is 3. The molecule has 0 amide bonds. The number of esters is 1. The summed E-state index contributed by atoms with van der Waals surface area (Å²) in [6, 6.07) is 0. The molecule has 92 valence electrons. The van der Waals surface area contributed by atoms with Crippen LogP contribution in [-0.4, -0.2) is 18.4 Å². The Kier molecular flexibility index (Phi) is 8.49. The van der Waals surface area contributed by atoms with Crippen molar-refractivity contribution >= 4 is 11.8 Å². The fourth-order valence-corrected chi connectivity index (χ4v) is 1.59. The van der Waals surface area contributed by atoms with Crippen molar-refractivity contribution in [2.24, 2.45) is 5.92 Å². The van der Waals surface area contributed by atoms with Gasteiger partial charge < -0.3 is 4.74 Å². The first-order chi connectivity index (χ1) is 7.63. The van der Waals surface area contributed by atoms with E-state index in [0.717, 1.165) is 6.42 Å². The molecule has 1 unspecified atom stereocenters. The Labute approximate surface area is 97.9 Å². The van der Waals surface area contributed by atoms with Gasteiger partial charge in [0.25, 0.3) is 0 Å². The maximum absolute atomic E-state index is 11.5. The zero-order valence-corrected chi connectivity index (χ0v) is 10.5. The van der Waals surface area contributed by atoms with Crippen LogP contribution in [0.1, 0.15) is 46.5 Å². The Morgan fingerprint density at radius 1 is 1.25 bits per heavy atom. The Hall–Kier alpha value is -1.12. The van der Waals surface area contributed by atoms with E-state index in [-0.39, 0.29) is 17.7 Å². The third-order valence-corrected chi connectivity index (χ3v) is 2.22. The van der Waals surface area contributed by atoms with E-state index in [0.29, 0.717) is 25.9 Å². The molecule has 0 bridgehead atoms. The third kappa shape index (κ3) is 7.21. The zero-order chi connectivity index (χ0) is 12.4. The Bertz CT molecular complexity index is 224. The lowest BCUT2D eigenvalue weighted by atomic mass is 9.96. The molecule has 0 aromatic heterocycles. The fraction of sp³-hybridized carbons (Fsp3) is 0.692. The second-order valence-electron chi connectivity index (χ2n) is 3.79. The first-order valence-corrected chi connectivity index (χ1v) is 5.94. The van der Waals surface area contributed by atoms with E-state index in [1.807, 2.05) is 26.0 Å². The van der Waals surface area contributed by atoms with Crippen LogP contribution in [0.2, 0.25) is 0 Å². The van der Waals surface area contributed by atoms with Gasteiger partial charge in [-0.3, -0.25) is 9.59 Å². The number of allylic oxidation sites excluding steroid dienone is 2. The molecule has 0 fully saturated rings. The highest BCUT2D eigenvalue weighted by molar-refractivity contribution is 5.79. The summed E-state index contributed by atoms with van der Waals surface area (Å²) in [7, 11) is 0. The molecule has 0 saturated heterocycles. The van der Waals surface area contributed by atoms with Gasteiger partial charge in [0.1, 0.15) is 5.78 Å². The highest BCUT2D eigenvalue weighted by Gasteiger charge is 2.15. The summed E-state index contributed by atoms with van der Waals surface area (Å²) in [5.41, 5.74) is 0. The normalized spacial score (nSPS) is 12.7. The first kappa shape index (κ1) is 14.9. The van der Waals surface area contributed by atoms with Gasteiger partial charge in [0.2, 0.25) is 0 Å². The third-order valence-electron chi connectivity index (χ3n) is 2.22. The first-order valence-electron chi connectivity index (χ1n) is 5.94. The summed E-state index contributed by atoms with van der Waals surface area (Å²) in [5.74, 6) is -0.0205. The molecule has 1 atom stereocenters. The van der Waals surface area contributed by atoms with Crippen LogP contribution >= 0.6 is 0 Å². The van der Waals surface area contributed by atoms with Gasteiger partial charge in [0.05, 0.1) is 13.0 Å². The van der Waals surface area contributed by atoms with Crippen LogP contribution in [0.25, 0.3) is 0 Å². The number of rotatable bonds is 8. The summed E-state index contributed by atoms with van der Waals surface area (Å²) in [6.45, 7) is 6.05. The largest absolute Gasteiger partial charge is 0.466 e. The SMILES string of the molecule is C/C=C/C(CC(=O)CCC)CC(=O)OCC. The van der Waals surface area contributed by atoms with Gasteiger partial charge in [-0.2, -0.15) is 0 Å². The Morgan fingerprint density at radius 2 is 1.94 bits per heavy atom. The molecule has 0 radical (unpaired) electrons. The number of Topliss-reactive ketones (excluding diaryl/α,β-unsaturated/α-hetero) is 1. The van der Waals surface area contributed by atoms with Gasteiger partial charge in [-0.25, -0.2) is 0 Å². The molecule has 3 nitrogen and oxygen atoms in total. The van der Waals surface area contributed by atoms with Gasteiger partial charge in [0.15, 0.2) is 0 Å². The molecule has 0 aliphatic heterocycles. The summed E-state index contributed by atoms with van der Waals surface area (Å²) >= 11 is 0. The molecule has 0 spiro atoms. The number of carbonyl (C=O) groups excluding carboxylic acids is 2. The minimum atomic E-state index is -0.227. The van der Waals surface area contributed by atoms with Crippen molar-refractivity contribution in [2.75, 3.05) is 6.61 Å². The van der Waals surface area contributed by atoms with E-state index in [1.54, 1.807) is 6.92 Å². The van der Waals surface area contributed by atoms with Crippen molar-refractivity contribution in [3.8, 4) is 0 Å². The molecule has 0 N–H and O–H groups in total. The minimum absolute atomic E-state index is 0.0110. The quantitative estimate of drug-likeness (QED) is 0.472. The van der Waals surface area contributed by atoms with Crippen molar-refractivity contribution in [1.82, 2.24) is 0 Å². The average Bonchev–Trinajstić information content (AvgIpc) is 2.18. The predicted octanol–water partition coefficient (Wildman–Crippen LogP) is 2.89. The van der Waals surface area contributed by atoms with E-state index >= 15 is 0 Å². The van der Waals surface area contributed by atoms with Crippen molar-refractivity contribution in [3.63, 3.8) is 0 Å². The summed E-state index contributed by atoms with van der Waals surface area (Å²) in [4.78, 5) is 22.8. The predicted molar refractivity (Wildman–Crippen MR) is 64.1 cm³/mol. The second-order valence-corrected chi connectivity index (χ2v) is 3.79. The van der Waals surface area contributed by atoms with Crippen LogP contribution < -0.4 is 0 Å². The molecule has 0 aliphatic carbocycles. The van der Waals surface area contributed by atoms with Gasteiger partial charge in [-0.05, 0) is 26.2 Å². The van der Waals surface area contributed by atoms with Crippen LogP contribution in [0.4, 0.5) is 0 Å². The van der Waals surface area contributed by atoms with Crippen molar-refractivity contribution in [2.45, 2.75) is 46.5 Å².